The Hall–Kier alpha value is -2.36. The van der Waals surface area contributed by atoms with Crippen molar-refractivity contribution in [2.45, 2.75) is 19.3 Å². The number of benzene rings is 2. The van der Waals surface area contributed by atoms with E-state index in [4.69, 9.17) is 0 Å². The van der Waals surface area contributed by atoms with Crippen LogP contribution in [0.25, 0.3) is 0 Å². The van der Waals surface area contributed by atoms with E-state index in [2.05, 4.69) is 0 Å². The number of aromatic carboxylic acids is 1. The Morgan fingerprint density at radius 1 is 1.10 bits per heavy atom. The lowest BCUT2D eigenvalue weighted by Crippen LogP contribution is -2.22. The number of hydrogen-bond donors (Lipinski definition) is 1. The van der Waals surface area contributed by atoms with Gasteiger partial charge in [-0.1, -0.05) is 24.3 Å². The topological polar surface area (TPSA) is 40.5 Å². The van der Waals surface area contributed by atoms with Gasteiger partial charge in [0.05, 0.1) is 11.3 Å². The maximum Gasteiger partial charge on any atom is 0.337 e. The summed E-state index contributed by atoms with van der Waals surface area (Å²) in [5, 5.41) is 9.35. The molecule has 0 bridgehead atoms. The Bertz CT molecular complexity index is 684. The van der Waals surface area contributed by atoms with E-state index in [-0.39, 0.29) is 11.3 Å². The number of carboxylic acid groups (broad SMARTS) is 1. The van der Waals surface area contributed by atoms with Crippen LogP contribution in [0.4, 0.5) is 15.8 Å². The fourth-order valence-corrected chi connectivity index (χ4v) is 2.89. The molecule has 4 heteroatoms. The van der Waals surface area contributed by atoms with Crippen LogP contribution in [0.3, 0.4) is 0 Å². The van der Waals surface area contributed by atoms with Crippen LogP contribution >= 0.6 is 0 Å². The number of halogens is 1. The minimum absolute atomic E-state index is 0.00621. The molecule has 0 spiro atoms. The quantitative estimate of drug-likeness (QED) is 0.906. The fraction of sp³-hybridized carbons (Fsp3) is 0.235. The molecule has 3 nitrogen and oxygen atoms in total. The summed E-state index contributed by atoms with van der Waals surface area (Å²) >= 11 is 0. The minimum Gasteiger partial charge on any atom is -0.478 e. The van der Waals surface area contributed by atoms with Crippen LogP contribution in [0.5, 0.6) is 0 Å². The van der Waals surface area contributed by atoms with Gasteiger partial charge in [0.25, 0.3) is 0 Å². The van der Waals surface area contributed by atoms with Crippen molar-refractivity contribution in [1.29, 1.82) is 0 Å². The first-order valence-electron chi connectivity index (χ1n) is 7.06. The van der Waals surface area contributed by atoms with Crippen LogP contribution in [0.2, 0.25) is 0 Å². The summed E-state index contributed by atoms with van der Waals surface area (Å²) in [6.45, 7) is 0.623. The van der Waals surface area contributed by atoms with Crippen LogP contribution in [0.15, 0.2) is 42.5 Å². The van der Waals surface area contributed by atoms with Gasteiger partial charge in [0.2, 0.25) is 0 Å². The van der Waals surface area contributed by atoms with E-state index in [0.717, 1.165) is 30.5 Å². The molecule has 3 rings (SSSR count). The van der Waals surface area contributed by atoms with Gasteiger partial charge in [-0.15, -0.1) is 0 Å². The third-order valence-electron chi connectivity index (χ3n) is 3.85. The molecule has 0 aromatic heterocycles. The smallest absolute Gasteiger partial charge is 0.337 e. The Labute approximate surface area is 122 Å². The number of carboxylic acids is 1. The highest BCUT2D eigenvalue weighted by Gasteiger charge is 2.24. The van der Waals surface area contributed by atoms with Crippen molar-refractivity contribution in [3.8, 4) is 0 Å². The number of nitrogens with zero attached hydrogens (tertiary/aromatic N) is 1. The maximum atomic E-state index is 14.3. The molecule has 0 saturated heterocycles. The van der Waals surface area contributed by atoms with E-state index >= 15 is 0 Å². The van der Waals surface area contributed by atoms with Crippen molar-refractivity contribution in [3.63, 3.8) is 0 Å². The van der Waals surface area contributed by atoms with Crippen molar-refractivity contribution in [2.75, 3.05) is 11.4 Å². The van der Waals surface area contributed by atoms with Crippen molar-refractivity contribution in [1.82, 2.24) is 0 Å². The minimum atomic E-state index is -1.11. The fourth-order valence-electron chi connectivity index (χ4n) is 2.89. The number of para-hydroxylation sites is 2. The van der Waals surface area contributed by atoms with Gasteiger partial charge in [0.1, 0.15) is 5.82 Å². The molecule has 108 valence electrons. The van der Waals surface area contributed by atoms with Crippen LogP contribution in [-0.4, -0.2) is 17.6 Å². The monoisotopic (exact) mass is 285 g/mol. The highest BCUT2D eigenvalue weighted by atomic mass is 19.1. The van der Waals surface area contributed by atoms with Crippen LogP contribution in [0.1, 0.15) is 28.8 Å². The Morgan fingerprint density at radius 3 is 2.71 bits per heavy atom. The molecule has 1 aliphatic heterocycles. The van der Waals surface area contributed by atoms with Gasteiger partial charge < -0.3 is 10.0 Å². The second-order valence-corrected chi connectivity index (χ2v) is 5.18. The van der Waals surface area contributed by atoms with Gasteiger partial charge >= 0.3 is 5.97 Å². The molecule has 2 aromatic carbocycles. The Balaban J connectivity index is 2.19. The number of hydrogen-bond acceptors (Lipinski definition) is 2. The zero-order valence-corrected chi connectivity index (χ0v) is 11.6. The lowest BCUT2D eigenvalue weighted by Gasteiger charge is -2.26. The van der Waals surface area contributed by atoms with E-state index in [1.807, 2.05) is 24.3 Å². The summed E-state index contributed by atoms with van der Waals surface area (Å²) < 4.78 is 14.3. The first-order chi connectivity index (χ1) is 10.2. The molecule has 1 heterocycles. The van der Waals surface area contributed by atoms with Gasteiger partial charge in [-0.2, -0.15) is 0 Å². The number of rotatable bonds is 2. The summed E-state index contributed by atoms with van der Waals surface area (Å²) in [5.74, 6) is -1.60. The predicted octanol–water partition coefficient (Wildman–Crippen LogP) is 4.00. The van der Waals surface area contributed by atoms with Crippen LogP contribution in [-0.2, 0) is 6.42 Å². The molecule has 21 heavy (non-hydrogen) atoms. The predicted molar refractivity (Wildman–Crippen MR) is 79.7 cm³/mol. The lowest BCUT2D eigenvalue weighted by molar-refractivity contribution is 0.0697. The van der Waals surface area contributed by atoms with Gasteiger partial charge in [0, 0.05) is 12.2 Å². The summed E-state index contributed by atoms with van der Waals surface area (Å²) in [6, 6.07) is 12.0. The summed E-state index contributed by atoms with van der Waals surface area (Å²) in [5.41, 5.74) is 2.21. The zero-order chi connectivity index (χ0) is 14.8. The zero-order valence-electron chi connectivity index (χ0n) is 11.6. The van der Waals surface area contributed by atoms with Gasteiger partial charge in [-0.05, 0) is 43.0 Å². The Morgan fingerprint density at radius 2 is 1.90 bits per heavy atom. The van der Waals surface area contributed by atoms with Gasteiger partial charge in [0.15, 0.2) is 0 Å². The van der Waals surface area contributed by atoms with E-state index in [1.165, 1.54) is 18.2 Å². The highest BCUT2D eigenvalue weighted by molar-refractivity contribution is 5.96. The van der Waals surface area contributed by atoms with Crippen LogP contribution in [0, 0.1) is 5.82 Å². The van der Waals surface area contributed by atoms with Gasteiger partial charge in [-0.25, -0.2) is 9.18 Å². The van der Waals surface area contributed by atoms with E-state index in [1.54, 1.807) is 4.90 Å². The molecule has 0 radical (unpaired) electrons. The summed E-state index contributed by atoms with van der Waals surface area (Å²) in [4.78, 5) is 13.2. The normalized spacial score (nSPS) is 14.4. The average molecular weight is 285 g/mol. The van der Waals surface area contributed by atoms with Crippen molar-refractivity contribution in [3.05, 3.63) is 59.4 Å². The molecule has 1 aliphatic rings. The average Bonchev–Trinajstić information content (AvgIpc) is 2.69. The highest BCUT2D eigenvalue weighted by Crippen LogP contribution is 2.36. The summed E-state index contributed by atoms with van der Waals surface area (Å²) in [6.07, 6.45) is 2.86. The third kappa shape index (κ3) is 2.49. The molecule has 0 saturated carbocycles. The molecule has 1 N–H and O–H groups in total. The lowest BCUT2D eigenvalue weighted by atomic mass is 10.1. The maximum absolute atomic E-state index is 14.3. The Kier molecular flexibility index (Phi) is 3.60. The standard InChI is InChI=1S/C17H16FNO2/c18-14-9-5-8-13(17(20)21)16(14)19-11-4-3-7-12-6-1-2-10-15(12)19/h1-2,5-6,8-10H,3-4,7,11H2,(H,20,21). The van der Waals surface area contributed by atoms with Gasteiger partial charge in [-0.3, -0.25) is 0 Å². The summed E-state index contributed by atoms with van der Waals surface area (Å²) in [7, 11) is 0. The third-order valence-corrected chi connectivity index (χ3v) is 3.85. The molecular formula is C17H16FNO2. The number of anilines is 2. The molecule has 0 atom stereocenters. The SMILES string of the molecule is O=C(O)c1cccc(F)c1N1CCCCc2ccccc21. The van der Waals surface area contributed by atoms with Crippen molar-refractivity contribution < 1.29 is 14.3 Å². The molecular weight excluding hydrogens is 269 g/mol. The first-order valence-corrected chi connectivity index (χ1v) is 7.06. The molecule has 0 amide bonds. The molecule has 2 aromatic rings. The van der Waals surface area contributed by atoms with Crippen LogP contribution < -0.4 is 4.90 Å². The van der Waals surface area contributed by atoms with E-state index in [9.17, 15) is 14.3 Å². The number of carbonyl (C=O) groups is 1. The second-order valence-electron chi connectivity index (χ2n) is 5.18. The number of aryl methyl sites for hydroxylation is 1. The largest absolute Gasteiger partial charge is 0.478 e. The number of fused-ring (bicyclic) bond motifs is 1. The molecule has 0 fully saturated rings. The van der Waals surface area contributed by atoms with E-state index < -0.39 is 11.8 Å². The van der Waals surface area contributed by atoms with E-state index in [0.29, 0.717) is 6.54 Å². The molecule has 0 aliphatic carbocycles. The van der Waals surface area contributed by atoms with Crippen molar-refractivity contribution >= 4 is 17.3 Å². The van der Waals surface area contributed by atoms with Crippen molar-refractivity contribution in [2.24, 2.45) is 0 Å². The first kappa shape index (κ1) is 13.6. The second kappa shape index (κ2) is 5.56. The molecule has 0 unspecified atom stereocenters.